The molecule has 11 heteroatoms. The van der Waals surface area contributed by atoms with E-state index in [9.17, 15) is 9.59 Å². The highest BCUT2D eigenvalue weighted by molar-refractivity contribution is 7.99. The average molecular weight is 513 g/mol. The lowest BCUT2D eigenvalue weighted by Gasteiger charge is -2.14. The van der Waals surface area contributed by atoms with Crippen LogP contribution >= 0.6 is 46.6 Å². The Hall–Kier alpha value is -2.26. The first-order valence-electron chi connectivity index (χ1n) is 9.49. The third-order valence-corrected chi connectivity index (χ3v) is 6.38. The molecule has 1 heterocycles. The number of carbonyl (C=O) groups is 2. The van der Waals surface area contributed by atoms with Crippen molar-refractivity contribution >= 4 is 64.1 Å². The lowest BCUT2D eigenvalue weighted by Crippen LogP contribution is -2.28. The highest BCUT2D eigenvalue weighted by Crippen LogP contribution is 2.24. The number of nitrogens with zero attached hydrogens (tertiary/aromatic N) is 3. The molecular formula is C21H20Cl3N5O2S. The van der Waals surface area contributed by atoms with Gasteiger partial charge in [-0.3, -0.25) is 9.59 Å². The number of carbonyl (C=O) groups excluding carboxylic acids is 2. The fraction of sp³-hybridized carbons (Fsp3) is 0.238. The number of thioether (sulfide) groups is 1. The minimum absolute atomic E-state index is 0.148. The van der Waals surface area contributed by atoms with Gasteiger partial charge in [0.2, 0.25) is 5.91 Å². The van der Waals surface area contributed by atoms with Crippen LogP contribution in [0.4, 0.5) is 5.69 Å². The van der Waals surface area contributed by atoms with Crippen molar-refractivity contribution in [3.8, 4) is 0 Å². The molecule has 0 spiro atoms. The molecule has 2 N–H and O–H groups in total. The topological polar surface area (TPSA) is 88.9 Å². The normalized spacial score (nSPS) is 11.8. The van der Waals surface area contributed by atoms with Crippen LogP contribution in [0.2, 0.25) is 15.1 Å². The number of halogens is 3. The van der Waals surface area contributed by atoms with E-state index >= 15 is 0 Å². The Labute approximate surface area is 204 Å². The van der Waals surface area contributed by atoms with E-state index in [4.69, 9.17) is 34.8 Å². The standard InChI is InChI=1S/C21H20Cl3N5O2S/c1-11-8-13(22)5-7-17(11)26-18(30)10-32-21-28-27-19(29(21)3)12(2)25-20(31)15-6-4-14(23)9-16(15)24/h4-9,12H,10H2,1-3H3,(H,25,31)(H,26,30)/t12-/m0/s1. The number of rotatable bonds is 7. The van der Waals surface area contributed by atoms with Crippen LogP contribution in [-0.4, -0.2) is 32.3 Å². The molecule has 0 fully saturated rings. The first kappa shape index (κ1) is 24.4. The van der Waals surface area contributed by atoms with E-state index < -0.39 is 6.04 Å². The van der Waals surface area contributed by atoms with Gasteiger partial charge >= 0.3 is 0 Å². The molecule has 0 unspecified atom stereocenters. The molecule has 0 bridgehead atoms. The summed E-state index contributed by atoms with van der Waals surface area (Å²) in [6.07, 6.45) is 0. The summed E-state index contributed by atoms with van der Waals surface area (Å²) < 4.78 is 1.74. The van der Waals surface area contributed by atoms with Crippen LogP contribution < -0.4 is 10.6 Å². The third-order valence-electron chi connectivity index (χ3n) is 4.57. The van der Waals surface area contributed by atoms with Gasteiger partial charge < -0.3 is 15.2 Å². The molecule has 2 amide bonds. The molecule has 0 aliphatic carbocycles. The van der Waals surface area contributed by atoms with E-state index in [0.29, 0.717) is 32.3 Å². The third kappa shape index (κ3) is 5.95. The Bertz CT molecular complexity index is 1170. The largest absolute Gasteiger partial charge is 0.342 e. The Morgan fingerprint density at radius 3 is 2.47 bits per heavy atom. The first-order chi connectivity index (χ1) is 15.2. The molecule has 3 rings (SSSR count). The maximum absolute atomic E-state index is 12.6. The van der Waals surface area contributed by atoms with Crippen molar-refractivity contribution in [2.45, 2.75) is 25.0 Å². The molecule has 0 radical (unpaired) electrons. The highest BCUT2D eigenvalue weighted by atomic mass is 35.5. The number of amides is 2. The Kier molecular flexibility index (Phi) is 8.05. The maximum atomic E-state index is 12.6. The summed E-state index contributed by atoms with van der Waals surface area (Å²) in [5.41, 5.74) is 1.90. The number of hydrogen-bond donors (Lipinski definition) is 2. The van der Waals surface area contributed by atoms with E-state index in [1.807, 2.05) is 6.92 Å². The summed E-state index contributed by atoms with van der Waals surface area (Å²) in [7, 11) is 1.77. The second-order valence-electron chi connectivity index (χ2n) is 7.02. The zero-order valence-electron chi connectivity index (χ0n) is 17.4. The van der Waals surface area contributed by atoms with Gasteiger partial charge in [-0.2, -0.15) is 0 Å². The van der Waals surface area contributed by atoms with E-state index in [-0.39, 0.29) is 22.6 Å². The molecule has 2 aromatic carbocycles. The number of hydrogen-bond acceptors (Lipinski definition) is 5. The van der Waals surface area contributed by atoms with Crippen LogP contribution in [0.1, 0.15) is 34.7 Å². The van der Waals surface area contributed by atoms with Crippen LogP contribution in [0.15, 0.2) is 41.6 Å². The van der Waals surface area contributed by atoms with Gasteiger partial charge in [0.05, 0.1) is 22.4 Å². The van der Waals surface area contributed by atoms with Crippen molar-refractivity contribution in [2.75, 3.05) is 11.1 Å². The maximum Gasteiger partial charge on any atom is 0.253 e. The smallest absolute Gasteiger partial charge is 0.253 e. The van der Waals surface area contributed by atoms with Gasteiger partial charge in [-0.15, -0.1) is 10.2 Å². The van der Waals surface area contributed by atoms with Crippen LogP contribution in [0.25, 0.3) is 0 Å². The van der Waals surface area contributed by atoms with Gasteiger partial charge in [0.25, 0.3) is 5.91 Å². The van der Waals surface area contributed by atoms with Gasteiger partial charge in [0.15, 0.2) is 11.0 Å². The predicted octanol–water partition coefficient (Wildman–Crippen LogP) is 5.31. The summed E-state index contributed by atoms with van der Waals surface area (Å²) in [6, 6.07) is 9.50. The molecule has 0 aliphatic rings. The van der Waals surface area contributed by atoms with Gasteiger partial charge in [0.1, 0.15) is 0 Å². The SMILES string of the molecule is Cc1cc(Cl)ccc1NC(=O)CSc1nnc([C@H](C)NC(=O)c2ccc(Cl)cc2Cl)n1C. The quantitative estimate of drug-likeness (QED) is 0.419. The molecule has 1 aromatic heterocycles. The first-order valence-corrected chi connectivity index (χ1v) is 11.6. The van der Waals surface area contributed by atoms with Gasteiger partial charge in [-0.1, -0.05) is 46.6 Å². The number of anilines is 1. The Balaban J connectivity index is 1.60. The lowest BCUT2D eigenvalue weighted by molar-refractivity contribution is -0.113. The number of aryl methyl sites for hydroxylation is 1. The second kappa shape index (κ2) is 10.6. The van der Waals surface area contributed by atoms with Gasteiger partial charge in [-0.25, -0.2) is 0 Å². The predicted molar refractivity (Wildman–Crippen MR) is 129 cm³/mol. The van der Waals surface area contributed by atoms with Crippen molar-refractivity contribution in [1.29, 1.82) is 0 Å². The van der Waals surface area contributed by atoms with E-state index in [1.54, 1.807) is 48.9 Å². The fourth-order valence-electron chi connectivity index (χ4n) is 2.93. The van der Waals surface area contributed by atoms with Crippen molar-refractivity contribution in [2.24, 2.45) is 7.05 Å². The molecule has 168 valence electrons. The molecule has 3 aromatic rings. The molecule has 32 heavy (non-hydrogen) atoms. The Morgan fingerprint density at radius 1 is 1.09 bits per heavy atom. The molecule has 0 saturated carbocycles. The van der Waals surface area contributed by atoms with E-state index in [0.717, 1.165) is 5.56 Å². The monoisotopic (exact) mass is 511 g/mol. The minimum atomic E-state index is -0.438. The number of aromatic nitrogens is 3. The molecule has 0 saturated heterocycles. The summed E-state index contributed by atoms with van der Waals surface area (Å²) >= 11 is 19.2. The van der Waals surface area contributed by atoms with Crippen molar-refractivity contribution in [3.63, 3.8) is 0 Å². The van der Waals surface area contributed by atoms with Crippen molar-refractivity contribution in [1.82, 2.24) is 20.1 Å². The summed E-state index contributed by atoms with van der Waals surface area (Å²) in [5, 5.41) is 15.9. The second-order valence-corrected chi connectivity index (χ2v) is 9.24. The highest BCUT2D eigenvalue weighted by Gasteiger charge is 2.20. The minimum Gasteiger partial charge on any atom is -0.342 e. The van der Waals surface area contributed by atoms with Crippen LogP contribution in [0, 0.1) is 6.92 Å². The van der Waals surface area contributed by atoms with Crippen LogP contribution in [0.5, 0.6) is 0 Å². The van der Waals surface area contributed by atoms with Gasteiger partial charge in [0, 0.05) is 22.8 Å². The van der Waals surface area contributed by atoms with Crippen molar-refractivity contribution < 1.29 is 9.59 Å². The lowest BCUT2D eigenvalue weighted by atomic mass is 10.2. The molecule has 0 aliphatic heterocycles. The summed E-state index contributed by atoms with van der Waals surface area (Å²) in [5.74, 6) is 0.160. The molecular weight excluding hydrogens is 493 g/mol. The van der Waals surface area contributed by atoms with Crippen LogP contribution in [-0.2, 0) is 11.8 Å². The van der Waals surface area contributed by atoms with Crippen molar-refractivity contribution in [3.05, 3.63) is 68.4 Å². The molecule has 1 atom stereocenters. The van der Waals surface area contributed by atoms with E-state index in [2.05, 4.69) is 20.8 Å². The average Bonchev–Trinajstić information content (AvgIpc) is 3.09. The summed E-state index contributed by atoms with van der Waals surface area (Å²) in [4.78, 5) is 24.9. The van der Waals surface area contributed by atoms with Gasteiger partial charge in [-0.05, 0) is 55.8 Å². The van der Waals surface area contributed by atoms with E-state index in [1.165, 1.54) is 17.8 Å². The number of nitrogens with one attached hydrogen (secondary N) is 2. The summed E-state index contributed by atoms with van der Waals surface area (Å²) in [6.45, 7) is 3.66. The Morgan fingerprint density at radius 2 is 1.78 bits per heavy atom. The zero-order chi connectivity index (χ0) is 23.4. The fourth-order valence-corrected chi connectivity index (χ4v) is 4.36. The van der Waals surface area contributed by atoms with Crippen LogP contribution in [0.3, 0.4) is 0 Å². The zero-order valence-corrected chi connectivity index (χ0v) is 20.5. The molecule has 7 nitrogen and oxygen atoms in total. The number of benzene rings is 2.